The summed E-state index contributed by atoms with van der Waals surface area (Å²) in [4.78, 5) is 16.9. The lowest BCUT2D eigenvalue weighted by Crippen LogP contribution is -2.45. The average Bonchev–Trinajstić information content (AvgIpc) is 3.33. The molecule has 0 bridgehead atoms. The molecule has 42 heavy (non-hydrogen) atoms. The molecule has 224 valence electrons. The monoisotopic (exact) mass is 607 g/mol. The Kier molecular flexibility index (Phi) is 7.81. The lowest BCUT2D eigenvalue weighted by Gasteiger charge is -2.43. The van der Waals surface area contributed by atoms with Crippen LogP contribution in [0.15, 0.2) is 71.9 Å². The van der Waals surface area contributed by atoms with Crippen LogP contribution in [0, 0.1) is 17.7 Å². The summed E-state index contributed by atoms with van der Waals surface area (Å²) >= 11 is 0. The minimum absolute atomic E-state index is 0.0638. The fraction of sp³-hybridized carbons (Fsp3) is 0.419. The van der Waals surface area contributed by atoms with Gasteiger partial charge in [-0.05, 0) is 103 Å². The second-order valence-electron chi connectivity index (χ2n) is 11.4. The predicted molar refractivity (Wildman–Crippen MR) is 144 cm³/mol. The molecule has 1 aromatic heterocycles. The molecule has 1 fully saturated rings. The first-order chi connectivity index (χ1) is 19.7. The predicted octanol–water partition coefficient (Wildman–Crippen LogP) is 6.17. The van der Waals surface area contributed by atoms with E-state index in [-0.39, 0.29) is 42.6 Å². The number of hydrogen-bond acceptors (Lipinski definition) is 5. The van der Waals surface area contributed by atoms with Crippen LogP contribution in [0.25, 0.3) is 0 Å². The van der Waals surface area contributed by atoms with Crippen molar-refractivity contribution in [2.75, 3.05) is 0 Å². The molecular weight excluding hydrogens is 577 g/mol. The molecule has 5 nitrogen and oxygen atoms in total. The Hall–Kier alpha value is -3.18. The van der Waals surface area contributed by atoms with Gasteiger partial charge in [0.25, 0.3) is 0 Å². The summed E-state index contributed by atoms with van der Waals surface area (Å²) in [5, 5.41) is 10.6. The topological polar surface area (TPSA) is 84.3 Å². The quantitative estimate of drug-likeness (QED) is 0.245. The summed E-state index contributed by atoms with van der Waals surface area (Å²) in [5.74, 6) is -2.12. The van der Waals surface area contributed by atoms with Crippen LogP contribution in [-0.4, -0.2) is 36.6 Å². The molecule has 5 atom stereocenters. The maximum absolute atomic E-state index is 14.9. The molecule has 2 aliphatic carbocycles. The molecule has 11 heteroatoms. The second-order valence-corrected chi connectivity index (χ2v) is 13.6. The Morgan fingerprint density at radius 2 is 1.71 bits per heavy atom. The lowest BCUT2D eigenvalue weighted by atomic mass is 9.71. The van der Waals surface area contributed by atoms with Crippen LogP contribution in [0.2, 0.25) is 0 Å². The Bertz CT molecular complexity index is 1580. The van der Waals surface area contributed by atoms with E-state index in [0.717, 1.165) is 36.4 Å². The lowest BCUT2D eigenvalue weighted by molar-refractivity contribution is -0.228. The molecule has 0 saturated heterocycles. The van der Waals surface area contributed by atoms with Crippen LogP contribution in [0.1, 0.15) is 54.9 Å². The van der Waals surface area contributed by atoms with Crippen molar-refractivity contribution in [3.05, 3.63) is 95.1 Å². The number of carbonyl (C=O) groups excluding carboxylic acids is 1. The number of ketones is 1. The first kappa shape index (κ1) is 30.3. The number of benzene rings is 2. The Balaban J connectivity index is 1.54. The molecule has 1 saturated carbocycles. The van der Waals surface area contributed by atoms with Gasteiger partial charge >= 0.3 is 6.18 Å². The molecule has 1 heterocycles. The molecule has 2 aromatic carbocycles. The van der Waals surface area contributed by atoms with Gasteiger partial charge in [0.1, 0.15) is 16.7 Å². The number of pyridine rings is 1. The minimum atomic E-state index is -5.17. The number of aliphatic hydroxyl groups is 1. The van der Waals surface area contributed by atoms with Crippen LogP contribution in [-0.2, 0) is 37.9 Å². The summed E-state index contributed by atoms with van der Waals surface area (Å²) in [5.41, 5.74) is -2.97. The zero-order valence-electron chi connectivity index (χ0n) is 22.7. The number of halogens is 5. The van der Waals surface area contributed by atoms with E-state index in [0.29, 0.717) is 24.5 Å². The standard InChI is InChI=1S/C31H30F5NO4S/c1-29(33,31(34,35)36)22-3-9-26-20(17-22)2-8-25-21(18-28(39)27(38)16-19-11-14-37-15-12-19)10-13-30(25,26)42(40,41)24-6-4-23(32)5-7-24/h3-7,9,11-12,14-15,17,21,25,27,38H,2,8,10,13,16,18H2,1H3/t21-,25-,27?,29?,30-/m0/s1. The van der Waals surface area contributed by atoms with Gasteiger partial charge in [-0.1, -0.05) is 18.2 Å². The summed E-state index contributed by atoms with van der Waals surface area (Å²) < 4.78 is 96.3. The van der Waals surface area contributed by atoms with Crippen molar-refractivity contribution in [1.82, 2.24) is 4.98 Å². The van der Waals surface area contributed by atoms with Crippen molar-refractivity contribution in [2.24, 2.45) is 11.8 Å². The zero-order chi connectivity index (χ0) is 30.5. The largest absolute Gasteiger partial charge is 0.426 e. The number of nitrogens with zero attached hydrogens (tertiary/aromatic N) is 1. The summed E-state index contributed by atoms with van der Waals surface area (Å²) in [6, 6.07) is 11.1. The van der Waals surface area contributed by atoms with Gasteiger partial charge in [-0.3, -0.25) is 9.78 Å². The van der Waals surface area contributed by atoms with Gasteiger partial charge in [0.05, 0.1) is 4.90 Å². The molecule has 5 rings (SSSR count). The third-order valence-corrected chi connectivity index (χ3v) is 11.6. The number of aliphatic hydroxyl groups excluding tert-OH is 1. The fourth-order valence-corrected chi connectivity index (χ4v) is 9.25. The molecule has 3 aromatic rings. The highest BCUT2D eigenvalue weighted by molar-refractivity contribution is 7.92. The van der Waals surface area contributed by atoms with E-state index in [1.165, 1.54) is 6.07 Å². The molecule has 0 radical (unpaired) electrons. The molecule has 2 unspecified atom stereocenters. The highest BCUT2D eigenvalue weighted by Crippen LogP contribution is 2.60. The van der Waals surface area contributed by atoms with E-state index in [9.17, 15) is 40.3 Å². The van der Waals surface area contributed by atoms with Gasteiger partial charge < -0.3 is 5.11 Å². The van der Waals surface area contributed by atoms with E-state index in [1.807, 2.05) is 0 Å². The van der Waals surface area contributed by atoms with Crippen LogP contribution >= 0.6 is 0 Å². The van der Waals surface area contributed by atoms with E-state index < -0.39 is 61.5 Å². The van der Waals surface area contributed by atoms with E-state index in [4.69, 9.17) is 0 Å². The highest BCUT2D eigenvalue weighted by atomic mass is 32.2. The van der Waals surface area contributed by atoms with Crippen molar-refractivity contribution in [3.8, 4) is 0 Å². The van der Waals surface area contributed by atoms with Crippen LogP contribution in [0.3, 0.4) is 0 Å². The van der Waals surface area contributed by atoms with Crippen LogP contribution in [0.4, 0.5) is 22.0 Å². The van der Waals surface area contributed by atoms with Gasteiger partial charge in [0.2, 0.25) is 5.67 Å². The number of Topliss-reactive ketones (excluding diaryl/α,β-unsaturated/α-hetero) is 1. The van der Waals surface area contributed by atoms with Gasteiger partial charge in [0, 0.05) is 25.2 Å². The first-order valence-corrected chi connectivity index (χ1v) is 15.2. The average molecular weight is 608 g/mol. The smallest absolute Gasteiger partial charge is 0.385 e. The van der Waals surface area contributed by atoms with E-state index in [2.05, 4.69) is 4.98 Å². The van der Waals surface area contributed by atoms with Crippen LogP contribution in [0.5, 0.6) is 0 Å². The second kappa shape index (κ2) is 10.8. The van der Waals surface area contributed by atoms with E-state index >= 15 is 0 Å². The number of alkyl halides is 4. The fourth-order valence-electron chi connectivity index (χ4n) is 6.75. The third kappa shape index (κ3) is 5.04. The van der Waals surface area contributed by atoms with Crippen molar-refractivity contribution >= 4 is 15.6 Å². The van der Waals surface area contributed by atoms with Gasteiger partial charge in [0.15, 0.2) is 15.6 Å². The van der Waals surface area contributed by atoms with Crippen molar-refractivity contribution in [1.29, 1.82) is 0 Å². The Labute approximate surface area is 240 Å². The summed E-state index contributed by atoms with van der Waals surface area (Å²) in [7, 11) is -4.27. The maximum Gasteiger partial charge on any atom is 0.426 e. The number of hydrogen-bond donors (Lipinski definition) is 1. The molecule has 0 amide bonds. The molecule has 0 aliphatic heterocycles. The minimum Gasteiger partial charge on any atom is -0.385 e. The van der Waals surface area contributed by atoms with Crippen molar-refractivity contribution in [3.63, 3.8) is 0 Å². The third-order valence-electron chi connectivity index (χ3n) is 9.03. The molecule has 1 N–H and O–H groups in total. The zero-order valence-corrected chi connectivity index (χ0v) is 23.6. The number of carbonyl (C=O) groups is 1. The Morgan fingerprint density at radius 1 is 1.05 bits per heavy atom. The SMILES string of the molecule is CC(F)(c1ccc2c(c1)CC[C@H]1[C@H](CC(=O)C(O)Cc3ccncc3)CC[C@@]21S(=O)(=O)c1ccc(F)cc1)C(F)(F)F. The van der Waals surface area contributed by atoms with E-state index in [1.54, 1.807) is 24.5 Å². The van der Waals surface area contributed by atoms with Gasteiger partial charge in [-0.2, -0.15) is 13.2 Å². The Morgan fingerprint density at radius 3 is 2.36 bits per heavy atom. The van der Waals surface area contributed by atoms with Gasteiger partial charge in [-0.15, -0.1) is 0 Å². The number of sulfone groups is 1. The van der Waals surface area contributed by atoms with Crippen molar-refractivity contribution < 1.29 is 40.3 Å². The number of rotatable bonds is 8. The maximum atomic E-state index is 14.9. The number of fused-ring (bicyclic) bond motifs is 3. The van der Waals surface area contributed by atoms with Gasteiger partial charge in [-0.25, -0.2) is 17.2 Å². The summed E-state index contributed by atoms with van der Waals surface area (Å²) in [6.45, 7) is 0.430. The number of aromatic nitrogens is 1. The summed E-state index contributed by atoms with van der Waals surface area (Å²) in [6.07, 6.45) is -2.61. The molecule has 2 aliphatic rings. The first-order valence-electron chi connectivity index (χ1n) is 13.7. The van der Waals surface area contributed by atoms with Crippen molar-refractivity contribution in [2.45, 2.75) is 73.0 Å². The molecular formula is C31H30F5NO4S. The number of aryl methyl sites for hydroxylation is 1. The normalized spacial score (nSPS) is 24.4. The molecule has 0 spiro atoms. The van der Waals surface area contributed by atoms with Crippen LogP contribution < -0.4 is 0 Å². The highest BCUT2D eigenvalue weighted by Gasteiger charge is 2.61.